The fraction of sp³-hybridized carbons (Fsp3) is 0.0556. The zero-order valence-electron chi connectivity index (χ0n) is 14.4. The van der Waals surface area contributed by atoms with Crippen molar-refractivity contribution in [3.8, 4) is 0 Å². The lowest BCUT2D eigenvalue weighted by atomic mass is 10.1. The first-order chi connectivity index (χ1) is 13.7. The van der Waals surface area contributed by atoms with Gasteiger partial charge in [0.2, 0.25) is 0 Å². The standard InChI is InChI=1S/C18H11F3N4O3S/c19-18(20,21)11-2-4-12(5-3-11)24-16(26)14-10-13(25(27)28)6-7-15(14)29-17-22-8-1-9-23-17/h1-10H,(H,24,26). The summed E-state index contributed by atoms with van der Waals surface area (Å²) in [6.45, 7) is 0. The quantitative estimate of drug-likeness (QED) is 0.361. The minimum absolute atomic E-state index is 0.0310. The number of non-ortho nitro benzene ring substituents is 1. The maximum atomic E-state index is 12.7. The second kappa shape index (κ2) is 8.27. The number of nitrogens with zero attached hydrogens (tertiary/aromatic N) is 3. The predicted octanol–water partition coefficient (Wildman–Crippen LogP) is 4.81. The van der Waals surface area contributed by atoms with Crippen molar-refractivity contribution in [2.45, 2.75) is 16.2 Å². The summed E-state index contributed by atoms with van der Waals surface area (Å²) in [6, 6.07) is 9.19. The minimum atomic E-state index is -4.50. The third-order valence-electron chi connectivity index (χ3n) is 3.63. The zero-order chi connectivity index (χ0) is 21.0. The number of hydrogen-bond acceptors (Lipinski definition) is 6. The molecule has 1 heterocycles. The number of anilines is 1. The molecule has 0 saturated carbocycles. The molecule has 0 bridgehead atoms. The lowest BCUT2D eigenvalue weighted by molar-refractivity contribution is -0.384. The number of nitro groups is 1. The summed E-state index contributed by atoms with van der Waals surface area (Å²) in [5.41, 5.74) is -1.08. The maximum Gasteiger partial charge on any atom is 0.416 e. The lowest BCUT2D eigenvalue weighted by Crippen LogP contribution is -2.14. The normalized spacial score (nSPS) is 11.1. The van der Waals surface area contributed by atoms with E-state index in [1.165, 1.54) is 24.5 Å². The molecular formula is C18H11F3N4O3S. The highest BCUT2D eigenvalue weighted by molar-refractivity contribution is 7.99. The number of benzene rings is 2. The number of alkyl halides is 3. The average molecular weight is 420 g/mol. The van der Waals surface area contributed by atoms with Crippen LogP contribution in [0.15, 0.2) is 71.0 Å². The van der Waals surface area contributed by atoms with Crippen LogP contribution in [-0.2, 0) is 6.18 Å². The second-order valence-electron chi connectivity index (χ2n) is 5.60. The molecule has 11 heteroatoms. The van der Waals surface area contributed by atoms with Crippen molar-refractivity contribution in [3.05, 3.63) is 82.2 Å². The number of hydrogen-bond donors (Lipinski definition) is 1. The summed E-state index contributed by atoms with van der Waals surface area (Å²) in [5, 5.41) is 13.8. The van der Waals surface area contributed by atoms with Crippen LogP contribution < -0.4 is 5.32 Å². The molecule has 148 valence electrons. The number of rotatable bonds is 5. The van der Waals surface area contributed by atoms with Gasteiger partial charge < -0.3 is 5.32 Å². The molecule has 0 unspecified atom stereocenters. The van der Waals surface area contributed by atoms with Gasteiger partial charge in [-0.25, -0.2) is 9.97 Å². The number of carbonyl (C=O) groups is 1. The van der Waals surface area contributed by atoms with E-state index in [1.807, 2.05) is 0 Å². The van der Waals surface area contributed by atoms with Crippen LogP contribution in [0.25, 0.3) is 0 Å². The van der Waals surface area contributed by atoms with Gasteiger partial charge in [-0.05, 0) is 48.2 Å². The molecule has 3 rings (SSSR count). The van der Waals surface area contributed by atoms with Gasteiger partial charge in [0.05, 0.1) is 16.1 Å². The summed E-state index contributed by atoms with van der Waals surface area (Å²) in [7, 11) is 0. The van der Waals surface area contributed by atoms with Crippen LogP contribution in [0.3, 0.4) is 0 Å². The fourth-order valence-electron chi connectivity index (χ4n) is 2.28. The molecule has 0 saturated heterocycles. The molecule has 3 aromatic rings. The topological polar surface area (TPSA) is 98.0 Å². The van der Waals surface area contributed by atoms with E-state index in [9.17, 15) is 28.1 Å². The van der Waals surface area contributed by atoms with Crippen LogP contribution in [0.2, 0.25) is 0 Å². The van der Waals surface area contributed by atoms with Gasteiger partial charge in [0, 0.05) is 35.1 Å². The van der Waals surface area contributed by atoms with Crippen molar-refractivity contribution < 1.29 is 22.9 Å². The SMILES string of the molecule is O=C(Nc1ccc(C(F)(F)F)cc1)c1cc([N+](=O)[O-])ccc1Sc1ncccn1. The molecule has 7 nitrogen and oxygen atoms in total. The number of amides is 1. The molecule has 0 aliphatic carbocycles. The predicted molar refractivity (Wildman–Crippen MR) is 98.6 cm³/mol. The number of halogens is 3. The van der Waals surface area contributed by atoms with Gasteiger partial charge in [0.1, 0.15) is 0 Å². The summed E-state index contributed by atoms with van der Waals surface area (Å²) in [4.78, 5) is 31.5. The summed E-state index contributed by atoms with van der Waals surface area (Å²) < 4.78 is 38.0. The third kappa shape index (κ3) is 5.08. The van der Waals surface area contributed by atoms with Crippen LogP contribution in [-0.4, -0.2) is 20.8 Å². The molecule has 1 amide bonds. The Morgan fingerprint density at radius 3 is 2.31 bits per heavy atom. The van der Waals surface area contributed by atoms with Gasteiger partial charge in [-0.1, -0.05) is 0 Å². The third-order valence-corrected chi connectivity index (χ3v) is 4.60. The molecule has 29 heavy (non-hydrogen) atoms. The van der Waals surface area contributed by atoms with Gasteiger partial charge in [0.25, 0.3) is 11.6 Å². The van der Waals surface area contributed by atoms with Crippen LogP contribution in [0, 0.1) is 10.1 Å². The number of nitrogens with one attached hydrogen (secondary N) is 1. The Bertz CT molecular complexity index is 1040. The highest BCUT2D eigenvalue weighted by Crippen LogP contribution is 2.32. The highest BCUT2D eigenvalue weighted by atomic mass is 32.2. The van der Waals surface area contributed by atoms with E-state index in [-0.39, 0.29) is 16.9 Å². The van der Waals surface area contributed by atoms with Gasteiger partial charge in [-0.2, -0.15) is 13.2 Å². The molecule has 0 spiro atoms. The van der Waals surface area contributed by atoms with E-state index in [1.54, 1.807) is 6.07 Å². The Hall–Kier alpha value is -3.47. The van der Waals surface area contributed by atoms with E-state index in [0.29, 0.717) is 10.1 Å². The van der Waals surface area contributed by atoms with Gasteiger partial charge >= 0.3 is 6.18 Å². The lowest BCUT2D eigenvalue weighted by Gasteiger charge is -2.11. The Balaban J connectivity index is 1.89. The molecule has 0 radical (unpaired) electrons. The van der Waals surface area contributed by atoms with E-state index >= 15 is 0 Å². The van der Waals surface area contributed by atoms with Gasteiger partial charge in [-0.15, -0.1) is 0 Å². The van der Waals surface area contributed by atoms with E-state index < -0.39 is 22.6 Å². The van der Waals surface area contributed by atoms with E-state index in [4.69, 9.17) is 0 Å². The van der Waals surface area contributed by atoms with Gasteiger partial charge in [-0.3, -0.25) is 14.9 Å². The van der Waals surface area contributed by atoms with Crippen molar-refractivity contribution in [2.75, 3.05) is 5.32 Å². The average Bonchev–Trinajstić information content (AvgIpc) is 2.68. The fourth-order valence-corrected chi connectivity index (χ4v) is 3.10. The van der Waals surface area contributed by atoms with Crippen LogP contribution in [0.4, 0.5) is 24.5 Å². The Labute approximate surface area is 166 Å². The first-order valence-corrected chi connectivity index (χ1v) is 8.77. The maximum absolute atomic E-state index is 12.7. The molecule has 2 aromatic carbocycles. The van der Waals surface area contributed by atoms with Crippen LogP contribution in [0.5, 0.6) is 0 Å². The van der Waals surface area contributed by atoms with Crippen molar-refractivity contribution >= 4 is 29.0 Å². The molecule has 0 fully saturated rings. The van der Waals surface area contributed by atoms with Crippen molar-refractivity contribution in [1.29, 1.82) is 0 Å². The first kappa shape index (κ1) is 20.3. The Kier molecular flexibility index (Phi) is 5.78. The number of carbonyl (C=O) groups excluding carboxylic acids is 1. The molecule has 0 aliphatic rings. The monoisotopic (exact) mass is 420 g/mol. The van der Waals surface area contributed by atoms with E-state index in [2.05, 4.69) is 15.3 Å². The summed E-state index contributed by atoms with van der Waals surface area (Å²) in [5.74, 6) is -0.716. The van der Waals surface area contributed by atoms with E-state index in [0.717, 1.165) is 42.1 Å². The summed E-state index contributed by atoms with van der Waals surface area (Å²) >= 11 is 1.02. The molecule has 1 N–H and O–H groups in total. The van der Waals surface area contributed by atoms with Crippen molar-refractivity contribution in [2.24, 2.45) is 0 Å². The second-order valence-corrected chi connectivity index (χ2v) is 6.61. The van der Waals surface area contributed by atoms with Gasteiger partial charge in [0.15, 0.2) is 5.16 Å². The van der Waals surface area contributed by atoms with Crippen LogP contribution in [0.1, 0.15) is 15.9 Å². The molecule has 0 atom stereocenters. The highest BCUT2D eigenvalue weighted by Gasteiger charge is 2.30. The largest absolute Gasteiger partial charge is 0.416 e. The molecule has 0 aliphatic heterocycles. The van der Waals surface area contributed by atoms with Crippen molar-refractivity contribution in [3.63, 3.8) is 0 Å². The molecular weight excluding hydrogens is 409 g/mol. The number of aromatic nitrogens is 2. The number of nitro benzene ring substituents is 1. The zero-order valence-corrected chi connectivity index (χ0v) is 15.2. The Morgan fingerprint density at radius 1 is 1.07 bits per heavy atom. The minimum Gasteiger partial charge on any atom is -0.322 e. The molecule has 1 aromatic heterocycles. The summed E-state index contributed by atoms with van der Waals surface area (Å²) in [6.07, 6.45) is -1.49. The first-order valence-electron chi connectivity index (χ1n) is 7.96. The Morgan fingerprint density at radius 2 is 1.72 bits per heavy atom. The van der Waals surface area contributed by atoms with Crippen LogP contribution >= 0.6 is 11.8 Å². The smallest absolute Gasteiger partial charge is 0.322 e. The van der Waals surface area contributed by atoms with Crippen molar-refractivity contribution in [1.82, 2.24) is 9.97 Å².